The zero-order valence-corrected chi connectivity index (χ0v) is 18.8. The van der Waals surface area contributed by atoms with Crippen LogP contribution in [0.4, 0.5) is 10.8 Å². The monoisotopic (exact) mass is 451 g/mol. The Morgan fingerprint density at radius 2 is 1.97 bits per heavy atom. The van der Waals surface area contributed by atoms with Crippen LogP contribution in [0, 0.1) is 6.92 Å². The molecule has 9 heteroatoms. The molecule has 3 aromatic rings. The molecule has 3 rings (SSSR count). The molecular formula is C20H22ClN3O3S2. The van der Waals surface area contributed by atoms with E-state index in [-0.39, 0.29) is 12.3 Å². The second kappa shape index (κ2) is 9.21. The summed E-state index contributed by atoms with van der Waals surface area (Å²) in [5.41, 5.74) is 1.40. The largest absolute Gasteiger partial charge is 0.343 e. The molecule has 29 heavy (non-hydrogen) atoms. The van der Waals surface area contributed by atoms with E-state index in [9.17, 15) is 13.6 Å². The fourth-order valence-corrected chi connectivity index (χ4v) is 5.27. The average molecular weight is 452 g/mol. The van der Waals surface area contributed by atoms with Crippen LogP contribution in [0.3, 0.4) is 0 Å². The van der Waals surface area contributed by atoms with E-state index in [0.717, 1.165) is 15.6 Å². The van der Waals surface area contributed by atoms with Crippen molar-refractivity contribution in [3.05, 3.63) is 52.7 Å². The molecule has 0 spiro atoms. The van der Waals surface area contributed by atoms with Crippen molar-refractivity contribution in [3.63, 3.8) is 0 Å². The Morgan fingerprint density at radius 1 is 1.24 bits per heavy atom. The number of rotatable bonds is 7. The van der Waals surface area contributed by atoms with E-state index < -0.39 is 11.3 Å². The number of amides is 1. The number of benzene rings is 1. The van der Waals surface area contributed by atoms with E-state index in [1.54, 1.807) is 29.2 Å². The molecule has 2 heterocycles. The Kier molecular flexibility index (Phi) is 6.89. The van der Waals surface area contributed by atoms with Gasteiger partial charge in [0.1, 0.15) is 10.8 Å². The van der Waals surface area contributed by atoms with E-state index in [1.165, 1.54) is 15.6 Å². The molecule has 1 aromatic carbocycles. The summed E-state index contributed by atoms with van der Waals surface area (Å²) in [7, 11) is 0. The van der Waals surface area contributed by atoms with Crippen LogP contribution in [-0.2, 0) is 22.5 Å². The molecule has 0 aliphatic carbocycles. The van der Waals surface area contributed by atoms with Crippen molar-refractivity contribution in [2.75, 3.05) is 17.4 Å². The third kappa shape index (κ3) is 4.61. The number of hydrogen-bond donors (Lipinski definition) is 1. The minimum absolute atomic E-state index is 0.0241. The van der Waals surface area contributed by atoms with Gasteiger partial charge in [-0.05, 0) is 62.1 Å². The zero-order chi connectivity index (χ0) is 21.1. The smallest absolute Gasteiger partial charge is 0.268 e. The normalized spacial score (nSPS) is 12.2. The van der Waals surface area contributed by atoms with E-state index >= 15 is 0 Å². The van der Waals surface area contributed by atoms with Gasteiger partial charge in [-0.1, -0.05) is 17.7 Å². The van der Waals surface area contributed by atoms with Crippen molar-refractivity contribution < 1.29 is 13.6 Å². The van der Waals surface area contributed by atoms with Gasteiger partial charge in [-0.2, -0.15) is 0 Å². The quantitative estimate of drug-likeness (QED) is 0.516. The molecule has 0 aliphatic heterocycles. The molecule has 6 nitrogen and oxygen atoms in total. The third-order valence-electron chi connectivity index (χ3n) is 4.66. The highest BCUT2D eigenvalue weighted by Crippen LogP contribution is 2.41. The fraction of sp³-hybridized carbons (Fsp3) is 0.300. The van der Waals surface area contributed by atoms with Crippen LogP contribution in [0.15, 0.2) is 36.4 Å². The second-order valence-electron chi connectivity index (χ2n) is 6.43. The van der Waals surface area contributed by atoms with E-state index in [0.29, 0.717) is 34.6 Å². The van der Waals surface area contributed by atoms with Crippen LogP contribution in [-0.4, -0.2) is 37.6 Å². The van der Waals surface area contributed by atoms with Crippen molar-refractivity contribution in [1.82, 2.24) is 9.88 Å². The predicted octanol–water partition coefficient (Wildman–Crippen LogP) is 4.94. The number of anilines is 2. The lowest BCUT2D eigenvalue weighted by molar-refractivity contribution is -0.130. The fourth-order valence-electron chi connectivity index (χ4n) is 3.15. The number of carbonyl (C=O) groups is 1. The summed E-state index contributed by atoms with van der Waals surface area (Å²) in [6.45, 7) is 7.01. The van der Waals surface area contributed by atoms with Gasteiger partial charge >= 0.3 is 0 Å². The highest BCUT2D eigenvalue weighted by molar-refractivity contribution is 7.81. The molecular weight excluding hydrogens is 430 g/mol. The molecule has 1 N–H and O–H groups in total. The first-order chi connectivity index (χ1) is 13.8. The standard InChI is InChI=1S/C20H22ClN3O3S2/c1-4-23(5-2)19(25)12-15-7-6-8-18(22-15)24(29(26)27)20-13(3)16-11-14(21)9-10-17(16)28-20/h6-11H,4-5,12H2,1-3H3,(H,26,27). The van der Waals surface area contributed by atoms with Gasteiger partial charge in [0.2, 0.25) is 5.91 Å². The minimum Gasteiger partial charge on any atom is -0.343 e. The number of nitrogens with zero attached hydrogens (tertiary/aromatic N) is 3. The Bertz CT molecular complexity index is 1070. The summed E-state index contributed by atoms with van der Waals surface area (Å²) < 4.78 is 24.5. The first-order valence-corrected chi connectivity index (χ1v) is 11.4. The van der Waals surface area contributed by atoms with Crippen LogP contribution < -0.4 is 4.31 Å². The molecule has 154 valence electrons. The van der Waals surface area contributed by atoms with Gasteiger partial charge in [0, 0.05) is 22.8 Å². The number of halogens is 1. The van der Waals surface area contributed by atoms with Crippen LogP contribution in [0.2, 0.25) is 5.02 Å². The highest BCUT2D eigenvalue weighted by Gasteiger charge is 2.23. The maximum absolute atomic E-state index is 12.4. The van der Waals surface area contributed by atoms with Gasteiger partial charge in [0.15, 0.2) is 0 Å². The number of likely N-dealkylation sites (N-methyl/N-ethyl adjacent to an activating group) is 1. The lowest BCUT2D eigenvalue weighted by Crippen LogP contribution is -2.32. The number of carbonyl (C=O) groups excluding carboxylic acids is 1. The molecule has 1 amide bonds. The Labute approximate surface area is 181 Å². The van der Waals surface area contributed by atoms with Crippen molar-refractivity contribution in [2.24, 2.45) is 0 Å². The summed E-state index contributed by atoms with van der Waals surface area (Å²) in [6, 6.07) is 10.7. The highest BCUT2D eigenvalue weighted by atomic mass is 35.5. The first-order valence-electron chi connectivity index (χ1n) is 9.19. The van der Waals surface area contributed by atoms with Gasteiger partial charge in [-0.3, -0.25) is 9.35 Å². The molecule has 1 atom stereocenters. The first kappa shape index (κ1) is 21.7. The summed E-state index contributed by atoms with van der Waals surface area (Å²) >= 11 is 5.18. The number of hydrogen-bond acceptors (Lipinski definition) is 4. The van der Waals surface area contributed by atoms with Crippen LogP contribution >= 0.6 is 22.9 Å². The third-order valence-corrected chi connectivity index (χ3v) is 6.95. The average Bonchev–Trinajstić information content (AvgIpc) is 2.99. The van der Waals surface area contributed by atoms with Gasteiger partial charge in [-0.25, -0.2) is 13.5 Å². The molecule has 0 radical (unpaired) electrons. The number of pyridine rings is 1. The van der Waals surface area contributed by atoms with E-state index in [1.807, 2.05) is 32.9 Å². The summed E-state index contributed by atoms with van der Waals surface area (Å²) in [5.74, 6) is 0.292. The topological polar surface area (TPSA) is 73.7 Å². The summed E-state index contributed by atoms with van der Waals surface area (Å²) in [5, 5.41) is 2.15. The minimum atomic E-state index is -2.33. The van der Waals surface area contributed by atoms with Gasteiger partial charge in [0.25, 0.3) is 11.3 Å². The van der Waals surface area contributed by atoms with Gasteiger partial charge in [-0.15, -0.1) is 11.3 Å². The number of aryl methyl sites for hydroxylation is 1. The Balaban J connectivity index is 2.00. The lowest BCUT2D eigenvalue weighted by Gasteiger charge is -2.20. The van der Waals surface area contributed by atoms with Gasteiger partial charge < -0.3 is 4.90 Å². The lowest BCUT2D eigenvalue weighted by atomic mass is 10.2. The van der Waals surface area contributed by atoms with E-state index in [2.05, 4.69) is 4.98 Å². The summed E-state index contributed by atoms with van der Waals surface area (Å²) in [6.07, 6.45) is 0.141. The number of aromatic nitrogens is 1. The molecule has 0 saturated heterocycles. The van der Waals surface area contributed by atoms with Crippen LogP contribution in [0.1, 0.15) is 25.1 Å². The van der Waals surface area contributed by atoms with Crippen LogP contribution in [0.25, 0.3) is 10.1 Å². The van der Waals surface area contributed by atoms with Crippen molar-refractivity contribution in [1.29, 1.82) is 0 Å². The predicted molar refractivity (Wildman–Crippen MR) is 120 cm³/mol. The second-order valence-corrected chi connectivity index (χ2v) is 8.72. The van der Waals surface area contributed by atoms with Crippen molar-refractivity contribution in [3.8, 4) is 0 Å². The maximum Gasteiger partial charge on any atom is 0.268 e. The van der Waals surface area contributed by atoms with Crippen LogP contribution in [0.5, 0.6) is 0 Å². The SMILES string of the molecule is CCN(CC)C(=O)Cc1cccc(N(c2sc3ccc(Cl)cc3c2C)S(=O)O)n1. The Morgan fingerprint density at radius 3 is 2.62 bits per heavy atom. The molecule has 0 aliphatic rings. The molecule has 2 aromatic heterocycles. The molecule has 0 fully saturated rings. The number of fused-ring (bicyclic) bond motifs is 1. The molecule has 1 unspecified atom stereocenters. The molecule has 0 bridgehead atoms. The maximum atomic E-state index is 12.4. The zero-order valence-electron chi connectivity index (χ0n) is 16.4. The van der Waals surface area contributed by atoms with Gasteiger partial charge in [0.05, 0.1) is 12.1 Å². The molecule has 0 saturated carbocycles. The van der Waals surface area contributed by atoms with Crippen molar-refractivity contribution >= 4 is 61.0 Å². The van der Waals surface area contributed by atoms with E-state index in [4.69, 9.17) is 11.6 Å². The number of thiophene rings is 1. The summed E-state index contributed by atoms with van der Waals surface area (Å²) in [4.78, 5) is 18.6. The van der Waals surface area contributed by atoms with Crippen molar-refractivity contribution in [2.45, 2.75) is 27.2 Å². The Hall–Kier alpha value is -2.00.